The Morgan fingerprint density at radius 2 is 1.50 bits per heavy atom. The van der Waals surface area contributed by atoms with Crippen LogP contribution < -0.4 is 0 Å². The van der Waals surface area contributed by atoms with E-state index in [1.807, 2.05) is 60.7 Å². The molecule has 0 amide bonds. The van der Waals surface area contributed by atoms with Gasteiger partial charge in [0.1, 0.15) is 5.60 Å². The Morgan fingerprint density at radius 1 is 0.944 bits per heavy atom. The summed E-state index contributed by atoms with van der Waals surface area (Å²) in [5.74, 6) is 2.58. The third-order valence-electron chi connectivity index (χ3n) is 3.05. The SMILES string of the molecule is C#CC[C@](O)(Cc1ccccc1)c1ccccc1. The van der Waals surface area contributed by atoms with E-state index in [9.17, 15) is 5.11 Å². The molecule has 2 aromatic rings. The van der Waals surface area contributed by atoms with Crippen LogP contribution in [0.4, 0.5) is 0 Å². The topological polar surface area (TPSA) is 20.2 Å². The maximum atomic E-state index is 10.8. The minimum Gasteiger partial charge on any atom is -0.384 e. The van der Waals surface area contributed by atoms with Gasteiger partial charge in [-0.05, 0) is 11.1 Å². The Bertz CT molecular complexity index is 525. The first-order chi connectivity index (χ1) is 8.74. The van der Waals surface area contributed by atoms with Gasteiger partial charge in [0.15, 0.2) is 0 Å². The van der Waals surface area contributed by atoms with Gasteiger partial charge in [-0.2, -0.15) is 0 Å². The van der Waals surface area contributed by atoms with Crippen LogP contribution >= 0.6 is 0 Å². The molecular formula is C17H16O. The highest BCUT2D eigenvalue weighted by Crippen LogP contribution is 2.28. The lowest BCUT2D eigenvalue weighted by molar-refractivity contribution is 0.0423. The molecule has 0 aliphatic carbocycles. The molecule has 0 fully saturated rings. The molecule has 0 bridgehead atoms. The Labute approximate surface area is 108 Å². The molecule has 0 aliphatic heterocycles. The van der Waals surface area contributed by atoms with Crippen LogP contribution in [0.1, 0.15) is 17.5 Å². The van der Waals surface area contributed by atoms with Gasteiger partial charge in [0.2, 0.25) is 0 Å². The van der Waals surface area contributed by atoms with E-state index in [4.69, 9.17) is 6.42 Å². The maximum absolute atomic E-state index is 10.8. The molecule has 0 spiro atoms. The van der Waals surface area contributed by atoms with Crippen molar-refractivity contribution in [2.45, 2.75) is 18.4 Å². The normalized spacial score (nSPS) is 13.6. The summed E-state index contributed by atoms with van der Waals surface area (Å²) in [6.45, 7) is 0. The van der Waals surface area contributed by atoms with Crippen LogP contribution in [-0.2, 0) is 12.0 Å². The van der Waals surface area contributed by atoms with Crippen LogP contribution in [-0.4, -0.2) is 5.11 Å². The van der Waals surface area contributed by atoms with Gasteiger partial charge in [-0.25, -0.2) is 0 Å². The lowest BCUT2D eigenvalue weighted by Crippen LogP contribution is -2.28. The molecule has 0 unspecified atom stereocenters. The first kappa shape index (κ1) is 12.4. The van der Waals surface area contributed by atoms with Crippen LogP contribution in [0.15, 0.2) is 60.7 Å². The van der Waals surface area contributed by atoms with Gasteiger partial charge in [-0.1, -0.05) is 60.7 Å². The van der Waals surface area contributed by atoms with Gasteiger partial charge in [-0.3, -0.25) is 0 Å². The number of rotatable bonds is 4. The molecule has 1 heteroatoms. The highest BCUT2D eigenvalue weighted by Gasteiger charge is 2.28. The van der Waals surface area contributed by atoms with Crippen molar-refractivity contribution in [2.24, 2.45) is 0 Å². The third kappa shape index (κ3) is 2.80. The molecule has 0 aromatic heterocycles. The summed E-state index contributed by atoms with van der Waals surface area (Å²) in [5.41, 5.74) is 0.961. The number of hydrogen-bond donors (Lipinski definition) is 1. The van der Waals surface area contributed by atoms with E-state index in [2.05, 4.69) is 5.92 Å². The molecule has 0 saturated heterocycles. The van der Waals surface area contributed by atoms with Gasteiger partial charge in [0.05, 0.1) is 0 Å². The second-order valence-electron chi connectivity index (χ2n) is 4.44. The molecular weight excluding hydrogens is 220 g/mol. The largest absolute Gasteiger partial charge is 0.384 e. The fourth-order valence-electron chi connectivity index (χ4n) is 2.12. The molecule has 2 aromatic carbocycles. The number of benzene rings is 2. The zero-order valence-corrected chi connectivity index (χ0v) is 10.2. The summed E-state index contributed by atoms with van der Waals surface area (Å²) >= 11 is 0. The molecule has 2 rings (SSSR count). The van der Waals surface area contributed by atoms with E-state index < -0.39 is 5.60 Å². The lowest BCUT2D eigenvalue weighted by Gasteiger charge is -2.27. The summed E-state index contributed by atoms with van der Waals surface area (Å²) in [5, 5.41) is 10.8. The van der Waals surface area contributed by atoms with Gasteiger partial charge in [-0.15, -0.1) is 12.3 Å². The van der Waals surface area contributed by atoms with Crippen molar-refractivity contribution in [3.63, 3.8) is 0 Å². The molecule has 1 nitrogen and oxygen atoms in total. The molecule has 0 heterocycles. The smallest absolute Gasteiger partial charge is 0.104 e. The second-order valence-corrected chi connectivity index (χ2v) is 4.44. The monoisotopic (exact) mass is 236 g/mol. The second kappa shape index (κ2) is 5.53. The van der Waals surface area contributed by atoms with E-state index in [0.29, 0.717) is 12.8 Å². The van der Waals surface area contributed by atoms with Crippen LogP contribution in [0, 0.1) is 12.3 Å². The average molecular weight is 236 g/mol. The fourth-order valence-corrected chi connectivity index (χ4v) is 2.12. The van der Waals surface area contributed by atoms with E-state index in [-0.39, 0.29) is 0 Å². The Morgan fingerprint density at radius 3 is 2.06 bits per heavy atom. The molecule has 0 aliphatic rings. The highest BCUT2D eigenvalue weighted by atomic mass is 16.3. The van der Waals surface area contributed by atoms with Crippen molar-refractivity contribution >= 4 is 0 Å². The van der Waals surface area contributed by atoms with Crippen molar-refractivity contribution in [2.75, 3.05) is 0 Å². The van der Waals surface area contributed by atoms with Crippen LogP contribution in [0.3, 0.4) is 0 Å². The fraction of sp³-hybridized carbons (Fsp3) is 0.176. The van der Waals surface area contributed by atoms with E-state index in [1.165, 1.54) is 0 Å². The summed E-state index contributed by atoms with van der Waals surface area (Å²) in [4.78, 5) is 0. The van der Waals surface area contributed by atoms with E-state index >= 15 is 0 Å². The summed E-state index contributed by atoms with van der Waals surface area (Å²) in [7, 11) is 0. The standard InChI is InChI=1S/C17H16O/c1-2-13-17(18,16-11-7-4-8-12-16)14-15-9-5-3-6-10-15/h1,3-12,18H,13-14H2/t17-/m0/s1. The van der Waals surface area contributed by atoms with Gasteiger partial charge in [0.25, 0.3) is 0 Å². The van der Waals surface area contributed by atoms with Crippen LogP contribution in [0.2, 0.25) is 0 Å². The Hall–Kier alpha value is -2.04. The van der Waals surface area contributed by atoms with Gasteiger partial charge < -0.3 is 5.11 Å². The molecule has 0 radical (unpaired) electrons. The summed E-state index contributed by atoms with van der Waals surface area (Å²) in [6.07, 6.45) is 6.24. The Balaban J connectivity index is 2.31. The number of terminal acetylenes is 1. The molecule has 90 valence electrons. The van der Waals surface area contributed by atoms with Crippen LogP contribution in [0.25, 0.3) is 0 Å². The van der Waals surface area contributed by atoms with Crippen molar-refractivity contribution in [3.8, 4) is 12.3 Å². The molecule has 1 N–H and O–H groups in total. The zero-order valence-electron chi connectivity index (χ0n) is 10.2. The minimum absolute atomic E-state index is 0.311. The van der Waals surface area contributed by atoms with E-state index in [1.54, 1.807) is 0 Å². The van der Waals surface area contributed by atoms with Crippen molar-refractivity contribution in [3.05, 3.63) is 71.8 Å². The van der Waals surface area contributed by atoms with Crippen LogP contribution in [0.5, 0.6) is 0 Å². The average Bonchev–Trinajstić information content (AvgIpc) is 2.41. The summed E-state index contributed by atoms with van der Waals surface area (Å²) < 4.78 is 0. The van der Waals surface area contributed by atoms with Crippen molar-refractivity contribution < 1.29 is 5.11 Å². The first-order valence-electron chi connectivity index (χ1n) is 6.00. The Kier molecular flexibility index (Phi) is 3.82. The van der Waals surface area contributed by atoms with Gasteiger partial charge in [0, 0.05) is 12.8 Å². The third-order valence-corrected chi connectivity index (χ3v) is 3.05. The molecule has 1 atom stereocenters. The summed E-state index contributed by atoms with van der Waals surface area (Å²) in [6, 6.07) is 19.5. The zero-order chi connectivity index (χ0) is 12.8. The quantitative estimate of drug-likeness (QED) is 0.809. The lowest BCUT2D eigenvalue weighted by atomic mass is 9.85. The van der Waals surface area contributed by atoms with Crippen molar-refractivity contribution in [1.29, 1.82) is 0 Å². The van der Waals surface area contributed by atoms with E-state index in [0.717, 1.165) is 11.1 Å². The molecule has 18 heavy (non-hydrogen) atoms. The predicted octanol–water partition coefficient (Wildman–Crippen LogP) is 3.14. The maximum Gasteiger partial charge on any atom is 0.104 e. The molecule has 0 saturated carbocycles. The first-order valence-corrected chi connectivity index (χ1v) is 6.00. The minimum atomic E-state index is -0.989. The number of hydrogen-bond acceptors (Lipinski definition) is 1. The van der Waals surface area contributed by atoms with Gasteiger partial charge >= 0.3 is 0 Å². The highest BCUT2D eigenvalue weighted by molar-refractivity contribution is 5.28. The predicted molar refractivity (Wildman–Crippen MR) is 73.9 cm³/mol. The van der Waals surface area contributed by atoms with Crippen molar-refractivity contribution in [1.82, 2.24) is 0 Å². The number of aliphatic hydroxyl groups is 1.